The predicted molar refractivity (Wildman–Crippen MR) is 74.7 cm³/mol. The third kappa shape index (κ3) is 4.20. The summed E-state index contributed by atoms with van der Waals surface area (Å²) in [5.74, 6) is 5.73. The molecule has 21 heavy (non-hydrogen) atoms. The standard InChI is InChI=1S/C13H20F3N5/c1-8(2)5-6-21(9-3-4-9)11-7-10(13(14,15)16)18-12(19-11)20-17/h7-9H,3-6,17H2,1-2H3,(H,18,19,20). The maximum Gasteiger partial charge on any atom is 0.433 e. The van der Waals surface area contributed by atoms with Gasteiger partial charge in [0.1, 0.15) is 5.82 Å². The van der Waals surface area contributed by atoms with Gasteiger partial charge in [0.15, 0.2) is 5.69 Å². The summed E-state index contributed by atoms with van der Waals surface area (Å²) in [6, 6.07) is 1.27. The van der Waals surface area contributed by atoms with Crippen LogP contribution in [0.1, 0.15) is 38.8 Å². The van der Waals surface area contributed by atoms with Crippen molar-refractivity contribution in [2.75, 3.05) is 16.9 Å². The Balaban J connectivity index is 2.30. The van der Waals surface area contributed by atoms with Gasteiger partial charge in [-0.15, -0.1) is 0 Å². The molecule has 0 unspecified atom stereocenters. The average molecular weight is 303 g/mol. The van der Waals surface area contributed by atoms with E-state index in [0.29, 0.717) is 12.5 Å². The molecule has 0 radical (unpaired) electrons. The summed E-state index contributed by atoms with van der Waals surface area (Å²) in [4.78, 5) is 9.39. The highest BCUT2D eigenvalue weighted by Crippen LogP contribution is 2.35. The van der Waals surface area contributed by atoms with Crippen molar-refractivity contribution in [3.05, 3.63) is 11.8 Å². The van der Waals surface area contributed by atoms with Gasteiger partial charge in [0.05, 0.1) is 0 Å². The highest BCUT2D eigenvalue weighted by atomic mass is 19.4. The molecule has 0 saturated heterocycles. The molecule has 0 aliphatic heterocycles. The molecule has 118 valence electrons. The Morgan fingerprint density at radius 1 is 1.38 bits per heavy atom. The monoisotopic (exact) mass is 303 g/mol. The van der Waals surface area contributed by atoms with E-state index in [-0.39, 0.29) is 17.8 Å². The zero-order valence-electron chi connectivity index (χ0n) is 12.1. The molecule has 2 rings (SSSR count). The van der Waals surface area contributed by atoms with Crippen molar-refractivity contribution in [2.24, 2.45) is 11.8 Å². The molecule has 0 atom stereocenters. The Bertz CT molecular complexity index is 485. The van der Waals surface area contributed by atoms with Crippen LogP contribution in [0.5, 0.6) is 0 Å². The molecular formula is C13H20F3N5. The van der Waals surface area contributed by atoms with Crippen molar-refractivity contribution in [1.82, 2.24) is 9.97 Å². The lowest BCUT2D eigenvalue weighted by molar-refractivity contribution is -0.141. The number of aromatic nitrogens is 2. The number of anilines is 2. The molecule has 8 heteroatoms. The topological polar surface area (TPSA) is 67.1 Å². The Labute approximate surface area is 121 Å². The molecule has 0 spiro atoms. The van der Waals surface area contributed by atoms with Gasteiger partial charge in [-0.2, -0.15) is 18.2 Å². The Morgan fingerprint density at radius 3 is 2.52 bits per heavy atom. The number of hydrazine groups is 1. The SMILES string of the molecule is CC(C)CCN(c1cc(C(F)(F)F)nc(NN)n1)C1CC1. The summed E-state index contributed by atoms with van der Waals surface area (Å²) in [6.45, 7) is 4.85. The quantitative estimate of drug-likeness (QED) is 0.625. The average Bonchev–Trinajstić information content (AvgIpc) is 3.22. The van der Waals surface area contributed by atoms with Gasteiger partial charge in [-0.25, -0.2) is 10.8 Å². The van der Waals surface area contributed by atoms with Crippen LogP contribution in [-0.4, -0.2) is 22.6 Å². The van der Waals surface area contributed by atoms with E-state index in [9.17, 15) is 13.2 Å². The van der Waals surface area contributed by atoms with Gasteiger partial charge < -0.3 is 4.90 Å². The minimum atomic E-state index is -4.52. The molecule has 3 N–H and O–H groups in total. The number of alkyl halides is 3. The number of nitrogens with two attached hydrogens (primary N) is 1. The zero-order valence-corrected chi connectivity index (χ0v) is 12.1. The molecule has 0 aromatic carbocycles. The van der Waals surface area contributed by atoms with E-state index in [1.54, 1.807) is 0 Å². The van der Waals surface area contributed by atoms with Gasteiger partial charge in [0.2, 0.25) is 5.95 Å². The van der Waals surface area contributed by atoms with Crippen molar-refractivity contribution in [2.45, 2.75) is 45.3 Å². The van der Waals surface area contributed by atoms with Crippen LogP contribution in [0.25, 0.3) is 0 Å². The number of hydrogen-bond acceptors (Lipinski definition) is 5. The first kappa shape index (κ1) is 15.8. The molecule has 1 fully saturated rings. The second-order valence-electron chi connectivity index (χ2n) is 5.68. The number of hydrogen-bond donors (Lipinski definition) is 2. The zero-order chi connectivity index (χ0) is 15.6. The molecule has 1 aliphatic rings. The lowest BCUT2D eigenvalue weighted by atomic mass is 10.1. The number of nitrogen functional groups attached to an aromatic ring is 1. The minimum absolute atomic E-state index is 0.213. The fourth-order valence-corrected chi connectivity index (χ4v) is 2.06. The summed E-state index contributed by atoms with van der Waals surface area (Å²) in [6.07, 6.45) is -1.66. The maximum absolute atomic E-state index is 12.9. The molecule has 0 amide bonds. The highest BCUT2D eigenvalue weighted by Gasteiger charge is 2.36. The molecule has 0 bridgehead atoms. The van der Waals surface area contributed by atoms with Crippen LogP contribution >= 0.6 is 0 Å². The second-order valence-corrected chi connectivity index (χ2v) is 5.68. The summed E-state index contributed by atoms with van der Waals surface area (Å²) >= 11 is 0. The summed E-state index contributed by atoms with van der Waals surface area (Å²) in [5.41, 5.74) is 1.13. The minimum Gasteiger partial charge on any atom is -0.353 e. The van der Waals surface area contributed by atoms with E-state index in [0.717, 1.165) is 25.3 Å². The molecular weight excluding hydrogens is 283 g/mol. The van der Waals surface area contributed by atoms with Gasteiger partial charge in [-0.3, -0.25) is 5.43 Å². The smallest absolute Gasteiger partial charge is 0.353 e. The predicted octanol–water partition coefficient (Wildman–Crippen LogP) is 2.80. The number of halogens is 3. The normalized spacial score (nSPS) is 15.4. The summed E-state index contributed by atoms with van der Waals surface area (Å²) in [5, 5.41) is 0. The Kier molecular flexibility index (Phi) is 4.55. The van der Waals surface area contributed by atoms with Gasteiger partial charge >= 0.3 is 6.18 Å². The first-order valence-corrected chi connectivity index (χ1v) is 7.00. The van der Waals surface area contributed by atoms with E-state index in [1.165, 1.54) is 0 Å². The fraction of sp³-hybridized carbons (Fsp3) is 0.692. The van der Waals surface area contributed by atoms with E-state index in [2.05, 4.69) is 29.2 Å². The van der Waals surface area contributed by atoms with Crippen LogP contribution in [0.4, 0.5) is 24.9 Å². The van der Waals surface area contributed by atoms with Crippen LogP contribution in [0.3, 0.4) is 0 Å². The Hall–Kier alpha value is -1.57. The molecule has 1 aliphatic carbocycles. The van der Waals surface area contributed by atoms with Crippen LogP contribution in [0, 0.1) is 5.92 Å². The molecule has 1 aromatic heterocycles. The molecule has 1 saturated carbocycles. The maximum atomic E-state index is 12.9. The lowest BCUT2D eigenvalue weighted by Crippen LogP contribution is -2.30. The first-order valence-electron chi connectivity index (χ1n) is 7.00. The summed E-state index contributed by atoms with van der Waals surface area (Å²) in [7, 11) is 0. The summed E-state index contributed by atoms with van der Waals surface area (Å²) < 4.78 is 38.7. The number of nitrogens with zero attached hydrogens (tertiary/aromatic N) is 3. The second kappa shape index (κ2) is 6.05. The van der Waals surface area contributed by atoms with Crippen molar-refractivity contribution >= 4 is 11.8 Å². The van der Waals surface area contributed by atoms with Gasteiger partial charge in [0.25, 0.3) is 0 Å². The first-order chi connectivity index (χ1) is 9.81. The van der Waals surface area contributed by atoms with Gasteiger partial charge in [-0.05, 0) is 25.2 Å². The van der Waals surface area contributed by atoms with Crippen molar-refractivity contribution in [1.29, 1.82) is 0 Å². The highest BCUT2D eigenvalue weighted by molar-refractivity contribution is 5.47. The molecule has 1 aromatic rings. The van der Waals surface area contributed by atoms with Crippen molar-refractivity contribution in [3.8, 4) is 0 Å². The third-order valence-corrected chi connectivity index (χ3v) is 3.36. The fourth-order valence-electron chi connectivity index (χ4n) is 2.06. The van der Waals surface area contributed by atoms with Crippen LogP contribution in [0.15, 0.2) is 6.07 Å². The Morgan fingerprint density at radius 2 is 2.05 bits per heavy atom. The molecule has 1 heterocycles. The lowest BCUT2D eigenvalue weighted by Gasteiger charge is -2.25. The van der Waals surface area contributed by atoms with Gasteiger partial charge in [0, 0.05) is 18.7 Å². The number of rotatable bonds is 6. The van der Waals surface area contributed by atoms with E-state index >= 15 is 0 Å². The van der Waals surface area contributed by atoms with Gasteiger partial charge in [-0.1, -0.05) is 13.8 Å². The van der Waals surface area contributed by atoms with Crippen molar-refractivity contribution in [3.63, 3.8) is 0 Å². The van der Waals surface area contributed by atoms with E-state index in [4.69, 9.17) is 5.84 Å². The van der Waals surface area contributed by atoms with Crippen LogP contribution in [-0.2, 0) is 6.18 Å². The molecule has 5 nitrogen and oxygen atoms in total. The van der Waals surface area contributed by atoms with E-state index < -0.39 is 11.9 Å². The van der Waals surface area contributed by atoms with Crippen LogP contribution in [0.2, 0.25) is 0 Å². The third-order valence-electron chi connectivity index (χ3n) is 3.36. The van der Waals surface area contributed by atoms with E-state index in [1.807, 2.05) is 4.90 Å². The van der Waals surface area contributed by atoms with Crippen LogP contribution < -0.4 is 16.2 Å². The number of nitrogens with one attached hydrogen (secondary N) is 1. The largest absolute Gasteiger partial charge is 0.433 e. The van der Waals surface area contributed by atoms with Crippen molar-refractivity contribution < 1.29 is 13.2 Å².